The van der Waals surface area contributed by atoms with Crippen molar-refractivity contribution < 1.29 is 14.3 Å². The Labute approximate surface area is 88.3 Å². The Morgan fingerprint density at radius 2 is 2.47 bits per heavy atom. The summed E-state index contributed by atoms with van der Waals surface area (Å²) < 4.78 is 5.26. The molecule has 82 valence electrons. The predicted molar refractivity (Wildman–Crippen MR) is 54.4 cm³/mol. The first-order valence-electron chi connectivity index (χ1n) is 5.18. The summed E-state index contributed by atoms with van der Waals surface area (Å²) >= 11 is 0. The fourth-order valence-electron chi connectivity index (χ4n) is 2.13. The maximum absolute atomic E-state index is 11.1. The number of furan rings is 1. The number of carbonyl (C=O) groups is 1. The summed E-state index contributed by atoms with van der Waals surface area (Å²) in [6.45, 7) is 2.90. The Hall–Kier alpha value is -1.29. The van der Waals surface area contributed by atoms with E-state index in [0.717, 1.165) is 6.54 Å². The summed E-state index contributed by atoms with van der Waals surface area (Å²) in [5, 5.41) is 12.4. The number of hydrogen-bond acceptors (Lipinski definition) is 3. The van der Waals surface area contributed by atoms with Crippen molar-refractivity contribution in [3.8, 4) is 0 Å². The molecule has 1 aromatic heterocycles. The Kier molecular flexibility index (Phi) is 2.77. The van der Waals surface area contributed by atoms with Crippen LogP contribution in [0, 0.1) is 11.8 Å². The summed E-state index contributed by atoms with van der Waals surface area (Å²) in [6.07, 6.45) is 2.28. The normalized spacial score (nSPS) is 31.4. The number of carboxylic acid groups (broad SMARTS) is 1. The van der Waals surface area contributed by atoms with Gasteiger partial charge < -0.3 is 14.8 Å². The van der Waals surface area contributed by atoms with Crippen LogP contribution >= 0.6 is 0 Å². The topological polar surface area (TPSA) is 62.5 Å². The van der Waals surface area contributed by atoms with E-state index in [-0.39, 0.29) is 12.0 Å². The molecule has 2 N–H and O–H groups in total. The predicted octanol–water partition coefficient (Wildman–Crippen LogP) is 1.65. The lowest BCUT2D eigenvalue weighted by molar-refractivity contribution is -0.144. The van der Waals surface area contributed by atoms with Crippen molar-refractivity contribution in [2.45, 2.75) is 19.4 Å². The lowest BCUT2D eigenvalue weighted by Gasteiger charge is -2.32. The highest BCUT2D eigenvalue weighted by atomic mass is 16.4. The van der Waals surface area contributed by atoms with Crippen LogP contribution in [0.2, 0.25) is 0 Å². The fourth-order valence-corrected chi connectivity index (χ4v) is 2.13. The third-order valence-corrected chi connectivity index (χ3v) is 2.91. The van der Waals surface area contributed by atoms with Gasteiger partial charge in [0.25, 0.3) is 0 Å². The van der Waals surface area contributed by atoms with Gasteiger partial charge in [-0.25, -0.2) is 0 Å². The van der Waals surface area contributed by atoms with E-state index in [1.165, 1.54) is 0 Å². The van der Waals surface area contributed by atoms with Crippen molar-refractivity contribution in [1.82, 2.24) is 5.32 Å². The van der Waals surface area contributed by atoms with E-state index < -0.39 is 5.97 Å². The highest BCUT2D eigenvalue weighted by molar-refractivity contribution is 5.71. The van der Waals surface area contributed by atoms with E-state index in [9.17, 15) is 4.79 Å². The summed E-state index contributed by atoms with van der Waals surface area (Å²) in [4.78, 5) is 11.1. The molecule has 1 aliphatic rings. The zero-order valence-corrected chi connectivity index (χ0v) is 8.64. The molecule has 0 spiro atoms. The van der Waals surface area contributed by atoms with E-state index in [2.05, 4.69) is 12.2 Å². The maximum Gasteiger partial charge on any atom is 0.308 e. The van der Waals surface area contributed by atoms with Gasteiger partial charge in [0, 0.05) is 0 Å². The lowest BCUT2D eigenvalue weighted by Crippen LogP contribution is -2.41. The monoisotopic (exact) mass is 209 g/mol. The number of aliphatic carboxylic acids is 1. The molecule has 0 saturated carbocycles. The Balaban J connectivity index is 2.19. The fraction of sp³-hybridized carbons (Fsp3) is 0.545. The van der Waals surface area contributed by atoms with Gasteiger partial charge in [0.1, 0.15) is 5.76 Å². The molecule has 1 saturated heterocycles. The quantitative estimate of drug-likeness (QED) is 0.777. The van der Waals surface area contributed by atoms with Crippen LogP contribution in [0.25, 0.3) is 0 Å². The minimum atomic E-state index is -0.754. The molecule has 2 heterocycles. The third kappa shape index (κ3) is 2.04. The Morgan fingerprint density at radius 3 is 3.07 bits per heavy atom. The van der Waals surface area contributed by atoms with Crippen LogP contribution in [-0.4, -0.2) is 17.6 Å². The average molecular weight is 209 g/mol. The standard InChI is InChI=1S/C11H15NO3/c1-7-5-8(11(13)14)10(12-6-7)9-3-2-4-15-9/h2-4,7-8,10,12H,5-6H2,1H3,(H,13,14). The highest BCUT2D eigenvalue weighted by Crippen LogP contribution is 2.31. The SMILES string of the molecule is CC1CNC(c2ccco2)C(C(=O)O)C1. The summed E-state index contributed by atoms with van der Waals surface area (Å²) in [5.74, 6) is -0.0260. The minimum Gasteiger partial charge on any atom is -0.481 e. The minimum absolute atomic E-state index is 0.186. The van der Waals surface area contributed by atoms with Crippen LogP contribution < -0.4 is 5.32 Å². The number of piperidine rings is 1. The van der Waals surface area contributed by atoms with E-state index in [4.69, 9.17) is 9.52 Å². The van der Waals surface area contributed by atoms with Crippen molar-refractivity contribution in [2.75, 3.05) is 6.54 Å². The first-order valence-corrected chi connectivity index (χ1v) is 5.18. The second-order valence-electron chi connectivity index (χ2n) is 4.19. The molecule has 4 nitrogen and oxygen atoms in total. The smallest absolute Gasteiger partial charge is 0.308 e. The van der Waals surface area contributed by atoms with E-state index in [1.54, 1.807) is 12.3 Å². The van der Waals surface area contributed by atoms with E-state index in [0.29, 0.717) is 18.1 Å². The number of rotatable bonds is 2. The summed E-state index contributed by atoms with van der Waals surface area (Å²) in [5.41, 5.74) is 0. The highest BCUT2D eigenvalue weighted by Gasteiger charge is 2.35. The van der Waals surface area contributed by atoms with Crippen LogP contribution in [0.3, 0.4) is 0 Å². The van der Waals surface area contributed by atoms with Gasteiger partial charge in [-0.2, -0.15) is 0 Å². The molecule has 1 fully saturated rings. The summed E-state index contributed by atoms with van der Waals surface area (Å²) in [7, 11) is 0. The van der Waals surface area contributed by atoms with Gasteiger partial charge in [0.05, 0.1) is 18.2 Å². The molecular weight excluding hydrogens is 194 g/mol. The zero-order chi connectivity index (χ0) is 10.8. The molecule has 1 aromatic rings. The van der Waals surface area contributed by atoms with Crippen LogP contribution in [0.5, 0.6) is 0 Å². The second-order valence-corrected chi connectivity index (χ2v) is 4.19. The molecule has 0 aromatic carbocycles. The average Bonchev–Trinajstić information content (AvgIpc) is 2.70. The van der Waals surface area contributed by atoms with Crippen LogP contribution in [-0.2, 0) is 4.79 Å². The van der Waals surface area contributed by atoms with Crippen LogP contribution in [0.15, 0.2) is 22.8 Å². The molecule has 0 bridgehead atoms. The van der Waals surface area contributed by atoms with Crippen molar-refractivity contribution in [2.24, 2.45) is 11.8 Å². The van der Waals surface area contributed by atoms with Gasteiger partial charge in [0.2, 0.25) is 0 Å². The summed E-state index contributed by atoms with van der Waals surface area (Å²) in [6, 6.07) is 3.42. The first kappa shape index (κ1) is 10.2. The Bertz CT molecular complexity index is 334. The zero-order valence-electron chi connectivity index (χ0n) is 8.64. The van der Waals surface area contributed by atoms with Crippen LogP contribution in [0.1, 0.15) is 25.1 Å². The molecule has 0 radical (unpaired) electrons. The molecule has 3 unspecified atom stereocenters. The van der Waals surface area contributed by atoms with Gasteiger partial charge in [-0.3, -0.25) is 4.79 Å². The van der Waals surface area contributed by atoms with Crippen molar-refractivity contribution in [3.63, 3.8) is 0 Å². The molecule has 3 atom stereocenters. The van der Waals surface area contributed by atoms with Gasteiger partial charge in [-0.15, -0.1) is 0 Å². The van der Waals surface area contributed by atoms with E-state index in [1.807, 2.05) is 6.07 Å². The van der Waals surface area contributed by atoms with Gasteiger partial charge in [0.15, 0.2) is 0 Å². The molecule has 4 heteroatoms. The number of carboxylic acids is 1. The second kappa shape index (κ2) is 4.06. The number of nitrogens with one attached hydrogen (secondary N) is 1. The molecular formula is C11H15NO3. The maximum atomic E-state index is 11.1. The largest absolute Gasteiger partial charge is 0.481 e. The van der Waals surface area contributed by atoms with Crippen molar-refractivity contribution in [1.29, 1.82) is 0 Å². The molecule has 1 aliphatic heterocycles. The molecule has 15 heavy (non-hydrogen) atoms. The number of hydrogen-bond donors (Lipinski definition) is 2. The third-order valence-electron chi connectivity index (χ3n) is 2.91. The van der Waals surface area contributed by atoms with E-state index >= 15 is 0 Å². The molecule has 0 amide bonds. The van der Waals surface area contributed by atoms with Crippen LogP contribution in [0.4, 0.5) is 0 Å². The van der Waals surface area contributed by atoms with Gasteiger partial charge in [-0.05, 0) is 31.0 Å². The van der Waals surface area contributed by atoms with Gasteiger partial charge >= 0.3 is 5.97 Å². The molecule has 0 aliphatic carbocycles. The molecule has 2 rings (SSSR count). The van der Waals surface area contributed by atoms with Crippen molar-refractivity contribution >= 4 is 5.97 Å². The lowest BCUT2D eigenvalue weighted by atomic mass is 9.84. The Morgan fingerprint density at radius 1 is 1.67 bits per heavy atom. The van der Waals surface area contributed by atoms with Crippen molar-refractivity contribution in [3.05, 3.63) is 24.2 Å². The van der Waals surface area contributed by atoms with Gasteiger partial charge in [-0.1, -0.05) is 6.92 Å². The first-order chi connectivity index (χ1) is 7.18.